The van der Waals surface area contributed by atoms with Crippen molar-refractivity contribution in [2.45, 2.75) is 52.6 Å². The predicted octanol–water partition coefficient (Wildman–Crippen LogP) is 2.89. The molecule has 0 saturated carbocycles. The Kier molecular flexibility index (Phi) is 4.82. The van der Waals surface area contributed by atoms with Crippen LogP contribution >= 0.6 is 0 Å². The third-order valence-corrected chi connectivity index (χ3v) is 2.70. The van der Waals surface area contributed by atoms with Gasteiger partial charge in [0.2, 0.25) is 0 Å². The fourth-order valence-electron chi connectivity index (χ4n) is 1.69. The number of rotatable bonds is 6. The van der Waals surface area contributed by atoms with Crippen LogP contribution in [-0.2, 0) is 0 Å². The van der Waals surface area contributed by atoms with Gasteiger partial charge in [0.25, 0.3) is 0 Å². The van der Waals surface area contributed by atoms with Gasteiger partial charge in [0.15, 0.2) is 0 Å². The van der Waals surface area contributed by atoms with Crippen molar-refractivity contribution in [2.24, 2.45) is 5.92 Å². The smallest absolute Gasteiger partial charge is 0.0518 e. The van der Waals surface area contributed by atoms with Gasteiger partial charge in [0.1, 0.15) is 0 Å². The minimum atomic E-state index is 0.356. The molecule has 0 aliphatic rings. The molecule has 1 heterocycles. The Bertz CT molecular complexity index is 254. The minimum absolute atomic E-state index is 0.356. The summed E-state index contributed by atoms with van der Waals surface area (Å²) in [5.74, 6) is 0.789. The van der Waals surface area contributed by atoms with Gasteiger partial charge in [-0.2, -0.15) is 5.10 Å². The molecule has 2 atom stereocenters. The molecule has 0 spiro atoms. The first-order chi connectivity index (χ1) is 7.09. The van der Waals surface area contributed by atoms with Crippen LogP contribution in [-0.4, -0.2) is 16.2 Å². The average molecular weight is 209 g/mol. The van der Waals surface area contributed by atoms with Crippen molar-refractivity contribution in [1.29, 1.82) is 0 Å². The molecule has 86 valence electrons. The molecule has 1 aromatic rings. The maximum Gasteiger partial charge on any atom is 0.0518 e. The lowest BCUT2D eigenvalue weighted by Gasteiger charge is -2.19. The first kappa shape index (κ1) is 12.2. The second kappa shape index (κ2) is 5.91. The van der Waals surface area contributed by atoms with Gasteiger partial charge in [0, 0.05) is 18.3 Å². The molecular formula is C12H23N3. The van der Waals surface area contributed by atoms with Crippen molar-refractivity contribution in [3.05, 3.63) is 18.0 Å². The van der Waals surface area contributed by atoms with Crippen molar-refractivity contribution in [3.63, 3.8) is 0 Å². The van der Waals surface area contributed by atoms with Crippen molar-refractivity contribution in [2.75, 3.05) is 0 Å². The number of aromatic amines is 1. The number of nitrogens with one attached hydrogen (secondary N) is 2. The van der Waals surface area contributed by atoms with E-state index in [1.807, 2.05) is 6.07 Å². The molecule has 3 heteroatoms. The molecule has 0 fully saturated rings. The maximum absolute atomic E-state index is 3.96. The summed E-state index contributed by atoms with van der Waals surface area (Å²) in [6.07, 6.45) is 4.31. The number of H-pyrrole nitrogens is 1. The number of hydrogen-bond donors (Lipinski definition) is 2. The van der Waals surface area contributed by atoms with E-state index in [1.54, 1.807) is 6.20 Å². The molecule has 0 aliphatic carbocycles. The van der Waals surface area contributed by atoms with E-state index in [4.69, 9.17) is 0 Å². The maximum atomic E-state index is 3.96. The van der Waals surface area contributed by atoms with Crippen LogP contribution < -0.4 is 5.32 Å². The van der Waals surface area contributed by atoms with Gasteiger partial charge < -0.3 is 5.32 Å². The van der Waals surface area contributed by atoms with Crippen molar-refractivity contribution in [3.8, 4) is 0 Å². The Labute approximate surface area is 92.7 Å². The molecule has 1 aromatic heterocycles. The normalized spacial score (nSPS) is 15.5. The first-order valence-corrected chi connectivity index (χ1v) is 5.85. The lowest BCUT2D eigenvalue weighted by Crippen LogP contribution is -2.29. The van der Waals surface area contributed by atoms with Crippen molar-refractivity contribution >= 4 is 0 Å². The Morgan fingerprint density at radius 3 is 2.53 bits per heavy atom. The number of hydrogen-bond acceptors (Lipinski definition) is 2. The van der Waals surface area contributed by atoms with Crippen LogP contribution in [0.3, 0.4) is 0 Å². The van der Waals surface area contributed by atoms with Crippen LogP contribution in [0.5, 0.6) is 0 Å². The quantitative estimate of drug-likeness (QED) is 0.756. The van der Waals surface area contributed by atoms with Gasteiger partial charge in [0.05, 0.1) is 5.69 Å². The third-order valence-electron chi connectivity index (χ3n) is 2.70. The van der Waals surface area contributed by atoms with Crippen LogP contribution in [0.1, 0.15) is 52.3 Å². The second-order valence-corrected chi connectivity index (χ2v) is 4.77. The van der Waals surface area contributed by atoms with Crippen molar-refractivity contribution < 1.29 is 0 Å². The van der Waals surface area contributed by atoms with E-state index in [0.29, 0.717) is 12.1 Å². The van der Waals surface area contributed by atoms with E-state index < -0.39 is 0 Å². The lowest BCUT2D eigenvalue weighted by molar-refractivity contribution is 0.413. The zero-order chi connectivity index (χ0) is 11.3. The zero-order valence-corrected chi connectivity index (χ0v) is 10.2. The van der Waals surface area contributed by atoms with E-state index in [2.05, 4.69) is 43.2 Å². The van der Waals surface area contributed by atoms with E-state index in [-0.39, 0.29) is 0 Å². The number of nitrogens with zero attached hydrogens (tertiary/aromatic N) is 1. The molecule has 0 bridgehead atoms. The Balaban J connectivity index is 2.28. The fraction of sp³-hybridized carbons (Fsp3) is 0.750. The number of aromatic nitrogens is 2. The zero-order valence-electron chi connectivity index (χ0n) is 10.2. The highest BCUT2D eigenvalue weighted by Crippen LogP contribution is 2.12. The summed E-state index contributed by atoms with van der Waals surface area (Å²) < 4.78 is 0. The van der Waals surface area contributed by atoms with Crippen LogP contribution in [0.25, 0.3) is 0 Å². The highest BCUT2D eigenvalue weighted by Gasteiger charge is 2.10. The molecule has 0 radical (unpaired) electrons. The molecule has 2 N–H and O–H groups in total. The van der Waals surface area contributed by atoms with Crippen LogP contribution in [0.2, 0.25) is 0 Å². The summed E-state index contributed by atoms with van der Waals surface area (Å²) in [6, 6.07) is 2.94. The van der Waals surface area contributed by atoms with E-state index in [1.165, 1.54) is 12.8 Å². The molecule has 15 heavy (non-hydrogen) atoms. The Morgan fingerprint density at radius 2 is 2.00 bits per heavy atom. The summed E-state index contributed by atoms with van der Waals surface area (Å²) in [4.78, 5) is 0. The Morgan fingerprint density at radius 1 is 1.27 bits per heavy atom. The van der Waals surface area contributed by atoms with E-state index in [0.717, 1.165) is 11.6 Å². The third kappa shape index (κ3) is 4.47. The van der Waals surface area contributed by atoms with Gasteiger partial charge in [-0.15, -0.1) is 0 Å². The molecule has 2 unspecified atom stereocenters. The molecule has 0 aromatic carbocycles. The summed E-state index contributed by atoms with van der Waals surface area (Å²) >= 11 is 0. The van der Waals surface area contributed by atoms with Gasteiger partial charge in [-0.25, -0.2) is 0 Å². The minimum Gasteiger partial charge on any atom is -0.306 e. The average Bonchev–Trinajstić information content (AvgIpc) is 2.67. The predicted molar refractivity (Wildman–Crippen MR) is 63.7 cm³/mol. The molecular weight excluding hydrogens is 186 g/mol. The molecule has 3 nitrogen and oxygen atoms in total. The Hall–Kier alpha value is -0.830. The largest absolute Gasteiger partial charge is 0.306 e. The highest BCUT2D eigenvalue weighted by atomic mass is 15.1. The lowest BCUT2D eigenvalue weighted by atomic mass is 10.0. The van der Waals surface area contributed by atoms with Gasteiger partial charge in [-0.3, -0.25) is 5.10 Å². The highest BCUT2D eigenvalue weighted by molar-refractivity contribution is 5.03. The molecule has 0 aliphatic heterocycles. The van der Waals surface area contributed by atoms with Gasteiger partial charge in [-0.05, 0) is 38.7 Å². The van der Waals surface area contributed by atoms with E-state index in [9.17, 15) is 0 Å². The van der Waals surface area contributed by atoms with Crippen LogP contribution in [0, 0.1) is 5.92 Å². The summed E-state index contributed by atoms with van der Waals surface area (Å²) in [5, 5.41) is 10.5. The van der Waals surface area contributed by atoms with Gasteiger partial charge >= 0.3 is 0 Å². The summed E-state index contributed by atoms with van der Waals surface area (Å²) in [5.41, 5.74) is 1.16. The van der Waals surface area contributed by atoms with Crippen molar-refractivity contribution in [1.82, 2.24) is 15.5 Å². The monoisotopic (exact) mass is 209 g/mol. The SMILES string of the molecule is CC(C)CCC(C)NC(C)c1ccn[nH]1. The molecule has 0 amide bonds. The fourth-order valence-corrected chi connectivity index (χ4v) is 1.69. The second-order valence-electron chi connectivity index (χ2n) is 4.77. The van der Waals surface area contributed by atoms with Crippen LogP contribution in [0.4, 0.5) is 0 Å². The van der Waals surface area contributed by atoms with Gasteiger partial charge in [-0.1, -0.05) is 13.8 Å². The summed E-state index contributed by atoms with van der Waals surface area (Å²) in [7, 11) is 0. The summed E-state index contributed by atoms with van der Waals surface area (Å²) in [6.45, 7) is 8.95. The topological polar surface area (TPSA) is 40.7 Å². The first-order valence-electron chi connectivity index (χ1n) is 5.85. The molecule has 1 rings (SSSR count). The molecule has 0 saturated heterocycles. The van der Waals surface area contributed by atoms with E-state index >= 15 is 0 Å². The standard InChI is InChI=1S/C12H23N3/c1-9(2)5-6-10(3)14-11(4)12-7-8-13-15-12/h7-11,14H,5-6H2,1-4H3,(H,13,15). The van der Waals surface area contributed by atoms with Crippen LogP contribution in [0.15, 0.2) is 12.3 Å².